The molecule has 0 saturated carbocycles. The number of hydrogen-bond acceptors (Lipinski definition) is 5. The Bertz CT molecular complexity index is 659. The van der Waals surface area contributed by atoms with E-state index in [1.807, 2.05) is 30.3 Å². The molecule has 0 aliphatic carbocycles. The number of para-hydroxylation sites is 1. The van der Waals surface area contributed by atoms with Crippen molar-refractivity contribution in [1.29, 1.82) is 0 Å². The van der Waals surface area contributed by atoms with E-state index in [2.05, 4.69) is 4.99 Å². The van der Waals surface area contributed by atoms with Crippen LogP contribution in [0.15, 0.2) is 51.9 Å². The standard InChI is InChI=1S/C14H12N2O4/c1-10(15-11-5-3-2-4-6-11)9-12(17)13-7-8-14(20-13)16(18)19/h2-8H,9H2,1H3. The van der Waals surface area contributed by atoms with Crippen LogP contribution in [0.2, 0.25) is 0 Å². The van der Waals surface area contributed by atoms with Crippen LogP contribution in [0.25, 0.3) is 0 Å². The van der Waals surface area contributed by atoms with Crippen LogP contribution in [-0.2, 0) is 0 Å². The van der Waals surface area contributed by atoms with Gasteiger partial charge in [0.05, 0.1) is 18.2 Å². The van der Waals surface area contributed by atoms with Gasteiger partial charge in [-0.25, -0.2) is 0 Å². The predicted molar refractivity (Wildman–Crippen MR) is 73.5 cm³/mol. The van der Waals surface area contributed by atoms with Crippen molar-refractivity contribution in [1.82, 2.24) is 0 Å². The summed E-state index contributed by atoms with van der Waals surface area (Å²) in [6, 6.07) is 11.7. The molecule has 102 valence electrons. The summed E-state index contributed by atoms with van der Waals surface area (Å²) in [5.74, 6) is -0.805. The second kappa shape index (κ2) is 5.92. The largest absolute Gasteiger partial charge is 0.433 e. The average Bonchev–Trinajstić information content (AvgIpc) is 2.89. The SMILES string of the molecule is CC(CC(=O)c1ccc([N+](=O)[O-])o1)=Nc1ccccc1. The third-order valence-corrected chi connectivity index (χ3v) is 2.54. The van der Waals surface area contributed by atoms with Crippen molar-refractivity contribution in [2.75, 3.05) is 0 Å². The fourth-order valence-corrected chi connectivity index (χ4v) is 1.66. The van der Waals surface area contributed by atoms with Crippen molar-refractivity contribution < 1.29 is 14.1 Å². The van der Waals surface area contributed by atoms with Gasteiger partial charge in [0.25, 0.3) is 0 Å². The fraction of sp³-hybridized carbons (Fsp3) is 0.143. The lowest BCUT2D eigenvalue weighted by Crippen LogP contribution is -2.04. The van der Waals surface area contributed by atoms with E-state index < -0.39 is 10.8 Å². The van der Waals surface area contributed by atoms with Crippen molar-refractivity contribution in [3.05, 3.63) is 58.3 Å². The molecule has 0 aliphatic heterocycles. The topological polar surface area (TPSA) is 85.7 Å². The Morgan fingerprint density at radius 2 is 1.95 bits per heavy atom. The molecule has 0 spiro atoms. The van der Waals surface area contributed by atoms with E-state index in [1.165, 1.54) is 6.07 Å². The highest BCUT2D eigenvalue weighted by atomic mass is 16.6. The minimum atomic E-state index is -0.679. The summed E-state index contributed by atoms with van der Waals surface area (Å²) >= 11 is 0. The number of aliphatic imine (C=N–C) groups is 1. The molecule has 0 saturated heterocycles. The molecule has 0 fully saturated rings. The number of furan rings is 1. The molecule has 1 aromatic heterocycles. The van der Waals surface area contributed by atoms with Gasteiger partial charge in [-0.1, -0.05) is 18.2 Å². The van der Waals surface area contributed by atoms with Crippen LogP contribution in [0.1, 0.15) is 23.9 Å². The molecule has 0 amide bonds. The van der Waals surface area contributed by atoms with Crippen molar-refractivity contribution in [2.24, 2.45) is 4.99 Å². The highest BCUT2D eigenvalue weighted by molar-refractivity contribution is 6.08. The number of hydrogen-bond donors (Lipinski definition) is 0. The molecule has 20 heavy (non-hydrogen) atoms. The Hall–Kier alpha value is -2.76. The maximum atomic E-state index is 11.9. The van der Waals surface area contributed by atoms with Gasteiger partial charge < -0.3 is 4.42 Å². The van der Waals surface area contributed by atoms with Gasteiger partial charge in [-0.05, 0) is 25.1 Å². The number of Topliss-reactive ketones (excluding diaryl/α,β-unsaturated/α-hetero) is 1. The zero-order valence-electron chi connectivity index (χ0n) is 10.8. The number of benzene rings is 1. The Morgan fingerprint density at radius 3 is 2.55 bits per heavy atom. The van der Waals surface area contributed by atoms with Crippen LogP contribution in [-0.4, -0.2) is 16.4 Å². The van der Waals surface area contributed by atoms with Gasteiger partial charge in [0.1, 0.15) is 4.92 Å². The summed E-state index contributed by atoms with van der Waals surface area (Å²) in [7, 11) is 0. The molecule has 2 aromatic rings. The van der Waals surface area contributed by atoms with Gasteiger partial charge in [0, 0.05) is 5.71 Å². The number of nitro groups is 1. The first-order valence-electron chi connectivity index (χ1n) is 5.93. The molecular weight excluding hydrogens is 260 g/mol. The molecule has 1 heterocycles. The second-order valence-corrected chi connectivity index (χ2v) is 4.18. The third kappa shape index (κ3) is 3.38. The lowest BCUT2D eigenvalue weighted by molar-refractivity contribution is -0.402. The molecular formula is C14H12N2O4. The zero-order valence-corrected chi connectivity index (χ0v) is 10.8. The van der Waals surface area contributed by atoms with Gasteiger partial charge in [-0.2, -0.15) is 0 Å². The zero-order chi connectivity index (χ0) is 14.5. The first kappa shape index (κ1) is 13.7. The minimum absolute atomic E-state index is 0.0284. The normalized spacial score (nSPS) is 11.3. The summed E-state index contributed by atoms with van der Waals surface area (Å²) < 4.78 is 4.85. The van der Waals surface area contributed by atoms with Gasteiger partial charge in [-0.15, -0.1) is 0 Å². The Balaban J connectivity index is 2.07. The second-order valence-electron chi connectivity index (χ2n) is 4.18. The molecule has 0 N–H and O–H groups in total. The molecule has 0 bridgehead atoms. The first-order chi connectivity index (χ1) is 9.56. The lowest BCUT2D eigenvalue weighted by Gasteiger charge is -1.98. The van der Waals surface area contributed by atoms with E-state index in [1.54, 1.807) is 6.92 Å². The van der Waals surface area contributed by atoms with Crippen molar-refractivity contribution in [3.8, 4) is 0 Å². The Labute approximate surface area is 114 Å². The Morgan fingerprint density at radius 1 is 1.25 bits per heavy atom. The predicted octanol–water partition coefficient (Wildman–Crippen LogP) is 3.55. The summed E-state index contributed by atoms with van der Waals surface area (Å²) in [4.78, 5) is 26.0. The molecule has 2 rings (SSSR count). The third-order valence-electron chi connectivity index (χ3n) is 2.54. The average molecular weight is 272 g/mol. The number of rotatable bonds is 5. The molecule has 6 nitrogen and oxygen atoms in total. The van der Waals surface area contributed by atoms with Crippen molar-refractivity contribution >= 4 is 23.1 Å². The van der Waals surface area contributed by atoms with Crippen LogP contribution in [0.3, 0.4) is 0 Å². The molecule has 0 unspecified atom stereocenters. The van der Waals surface area contributed by atoms with E-state index in [0.717, 1.165) is 11.8 Å². The quantitative estimate of drug-likeness (QED) is 0.360. The number of carbonyl (C=O) groups excluding carboxylic acids is 1. The van der Waals surface area contributed by atoms with Crippen LogP contribution < -0.4 is 0 Å². The molecule has 0 aliphatic rings. The molecule has 0 atom stereocenters. The summed E-state index contributed by atoms with van der Waals surface area (Å²) in [5.41, 5.74) is 1.36. The first-order valence-corrected chi connectivity index (χ1v) is 5.93. The van der Waals surface area contributed by atoms with Gasteiger partial charge in [-0.3, -0.25) is 19.9 Å². The van der Waals surface area contributed by atoms with E-state index in [4.69, 9.17) is 4.42 Å². The van der Waals surface area contributed by atoms with Crippen molar-refractivity contribution in [3.63, 3.8) is 0 Å². The maximum absolute atomic E-state index is 11.9. The molecule has 0 radical (unpaired) electrons. The molecule has 6 heteroatoms. The maximum Gasteiger partial charge on any atom is 0.433 e. The van der Waals surface area contributed by atoms with Crippen molar-refractivity contribution in [2.45, 2.75) is 13.3 Å². The minimum Gasteiger partial charge on any atom is -0.397 e. The van der Waals surface area contributed by atoms with Crippen LogP contribution in [0.5, 0.6) is 0 Å². The van der Waals surface area contributed by atoms with Gasteiger partial charge in [0.2, 0.25) is 5.78 Å². The van der Waals surface area contributed by atoms with Crippen LogP contribution in [0, 0.1) is 10.1 Å². The van der Waals surface area contributed by atoms with E-state index in [9.17, 15) is 14.9 Å². The van der Waals surface area contributed by atoms with Crippen LogP contribution in [0.4, 0.5) is 11.6 Å². The number of carbonyl (C=O) groups is 1. The number of ketones is 1. The van der Waals surface area contributed by atoms with E-state index in [0.29, 0.717) is 5.71 Å². The van der Waals surface area contributed by atoms with Crippen LogP contribution >= 0.6 is 0 Å². The summed E-state index contributed by atoms with van der Waals surface area (Å²) in [6.45, 7) is 1.72. The number of nitrogens with zero attached hydrogens (tertiary/aromatic N) is 2. The highest BCUT2D eigenvalue weighted by Crippen LogP contribution is 2.18. The summed E-state index contributed by atoms with van der Waals surface area (Å²) in [6.07, 6.45) is 0.0551. The highest BCUT2D eigenvalue weighted by Gasteiger charge is 2.17. The van der Waals surface area contributed by atoms with Gasteiger partial charge >= 0.3 is 5.88 Å². The monoisotopic (exact) mass is 272 g/mol. The van der Waals surface area contributed by atoms with Gasteiger partial charge in [0.15, 0.2) is 5.76 Å². The fourth-order valence-electron chi connectivity index (χ4n) is 1.66. The van der Waals surface area contributed by atoms with E-state index in [-0.39, 0.29) is 18.0 Å². The van der Waals surface area contributed by atoms with E-state index >= 15 is 0 Å². The summed E-state index contributed by atoms with van der Waals surface area (Å²) in [5, 5.41) is 10.5. The lowest BCUT2D eigenvalue weighted by atomic mass is 10.1. The molecule has 1 aromatic carbocycles. The Kier molecular flexibility index (Phi) is 4.05. The smallest absolute Gasteiger partial charge is 0.397 e.